The molecule has 0 radical (unpaired) electrons. The normalized spacial score (nSPS) is 17.8. The van der Waals surface area contributed by atoms with Crippen molar-refractivity contribution in [2.45, 2.75) is 78.6 Å². The summed E-state index contributed by atoms with van der Waals surface area (Å²) in [5.41, 5.74) is -0.304. The highest BCUT2D eigenvalue weighted by atomic mass is 35.5. The highest BCUT2D eigenvalue weighted by Crippen LogP contribution is 2.26. The van der Waals surface area contributed by atoms with Gasteiger partial charge in [-0.05, 0) is 56.7 Å². The van der Waals surface area contributed by atoms with E-state index in [9.17, 15) is 14.4 Å². The van der Waals surface area contributed by atoms with Gasteiger partial charge in [-0.3, -0.25) is 9.59 Å². The number of alkyl carbamates (subject to hydrolysis) is 1. The number of hydrogen-bond acceptors (Lipinski definition) is 4. The third-order valence-corrected chi connectivity index (χ3v) is 5.24. The van der Waals surface area contributed by atoms with Gasteiger partial charge < -0.3 is 20.3 Å². The van der Waals surface area contributed by atoms with Crippen LogP contribution in [-0.4, -0.2) is 47.0 Å². The van der Waals surface area contributed by atoms with Crippen molar-refractivity contribution >= 4 is 29.5 Å². The fourth-order valence-corrected chi connectivity index (χ4v) is 3.58. The van der Waals surface area contributed by atoms with Crippen LogP contribution in [0.4, 0.5) is 4.79 Å². The lowest BCUT2D eigenvalue weighted by Gasteiger charge is -2.35. The maximum absolute atomic E-state index is 13.4. The maximum atomic E-state index is 13.4. The highest BCUT2D eigenvalue weighted by molar-refractivity contribution is 6.30. The van der Waals surface area contributed by atoms with Crippen molar-refractivity contribution < 1.29 is 19.1 Å². The lowest BCUT2D eigenvalue weighted by Crippen LogP contribution is -2.58. The lowest BCUT2D eigenvalue weighted by atomic mass is 9.85. The molecule has 2 N–H and O–H groups in total. The minimum atomic E-state index is -0.813. The van der Waals surface area contributed by atoms with Gasteiger partial charge in [0.1, 0.15) is 17.7 Å². The molecule has 0 aliphatic carbocycles. The van der Waals surface area contributed by atoms with Gasteiger partial charge in [0.2, 0.25) is 11.8 Å². The number of nitrogens with one attached hydrogen (secondary N) is 2. The highest BCUT2D eigenvalue weighted by Gasteiger charge is 2.42. The molecule has 172 valence electrons. The second-order valence-electron chi connectivity index (χ2n) is 9.98. The van der Waals surface area contributed by atoms with E-state index in [-0.39, 0.29) is 11.8 Å². The number of benzene rings is 1. The van der Waals surface area contributed by atoms with E-state index in [0.29, 0.717) is 24.5 Å². The van der Waals surface area contributed by atoms with Crippen molar-refractivity contribution in [1.82, 2.24) is 15.5 Å². The fraction of sp³-hybridized carbons (Fsp3) is 0.609. The van der Waals surface area contributed by atoms with E-state index >= 15 is 0 Å². The summed E-state index contributed by atoms with van der Waals surface area (Å²) in [6.07, 6.45) is 0.666. The van der Waals surface area contributed by atoms with Gasteiger partial charge in [0, 0.05) is 18.1 Å². The second kappa shape index (κ2) is 9.90. The van der Waals surface area contributed by atoms with Crippen molar-refractivity contribution in [2.75, 3.05) is 6.54 Å². The molecular formula is C23H34ClN3O4. The molecule has 0 spiro atoms. The van der Waals surface area contributed by atoms with Crippen LogP contribution in [0, 0.1) is 5.41 Å². The van der Waals surface area contributed by atoms with Crippen LogP contribution < -0.4 is 10.6 Å². The lowest BCUT2D eigenvalue weighted by molar-refractivity contribution is -0.142. The molecule has 31 heavy (non-hydrogen) atoms. The molecule has 1 aromatic rings. The Bertz CT molecular complexity index is 797. The molecule has 0 bridgehead atoms. The summed E-state index contributed by atoms with van der Waals surface area (Å²) in [7, 11) is 0. The van der Waals surface area contributed by atoms with Gasteiger partial charge in [-0.15, -0.1) is 0 Å². The zero-order valence-electron chi connectivity index (χ0n) is 19.3. The van der Waals surface area contributed by atoms with Crippen molar-refractivity contribution in [1.29, 1.82) is 0 Å². The quantitative estimate of drug-likeness (QED) is 0.710. The molecule has 8 heteroatoms. The zero-order chi connectivity index (χ0) is 23.4. The zero-order valence-corrected chi connectivity index (χ0v) is 20.0. The number of amides is 3. The van der Waals surface area contributed by atoms with Crippen LogP contribution in [0.15, 0.2) is 24.3 Å². The van der Waals surface area contributed by atoms with E-state index in [1.807, 2.05) is 32.9 Å². The molecule has 1 heterocycles. The summed E-state index contributed by atoms with van der Waals surface area (Å²) in [5.74, 6) is -0.478. The predicted molar refractivity (Wildman–Crippen MR) is 121 cm³/mol. The number of rotatable bonds is 5. The average Bonchev–Trinajstić information content (AvgIpc) is 3.12. The third kappa shape index (κ3) is 7.42. The van der Waals surface area contributed by atoms with Crippen LogP contribution in [0.1, 0.15) is 59.9 Å². The fourth-order valence-electron chi connectivity index (χ4n) is 3.45. The smallest absolute Gasteiger partial charge is 0.408 e. The third-order valence-electron chi connectivity index (χ3n) is 4.99. The number of ether oxygens (including phenoxy) is 1. The largest absolute Gasteiger partial charge is 0.444 e. The maximum Gasteiger partial charge on any atom is 0.408 e. The van der Waals surface area contributed by atoms with Gasteiger partial charge in [0.15, 0.2) is 0 Å². The van der Waals surface area contributed by atoms with Crippen molar-refractivity contribution in [2.24, 2.45) is 5.41 Å². The first kappa shape index (κ1) is 25.0. The van der Waals surface area contributed by atoms with Gasteiger partial charge in [-0.2, -0.15) is 0 Å². The van der Waals surface area contributed by atoms with E-state index in [4.69, 9.17) is 16.3 Å². The van der Waals surface area contributed by atoms with Crippen molar-refractivity contribution in [3.63, 3.8) is 0 Å². The summed E-state index contributed by atoms with van der Waals surface area (Å²) in [6.45, 7) is 11.7. The molecule has 3 amide bonds. The number of carbonyl (C=O) groups excluding carboxylic acids is 3. The molecule has 0 aromatic heterocycles. The van der Waals surface area contributed by atoms with Crippen LogP contribution in [0.5, 0.6) is 0 Å². The summed E-state index contributed by atoms with van der Waals surface area (Å²) in [4.78, 5) is 40.1. The van der Waals surface area contributed by atoms with Gasteiger partial charge >= 0.3 is 6.09 Å². The van der Waals surface area contributed by atoms with E-state index < -0.39 is 29.2 Å². The van der Waals surface area contributed by atoms with Crippen molar-refractivity contribution in [3.05, 3.63) is 34.9 Å². The Hall–Kier alpha value is -2.28. The number of hydrogen-bond donors (Lipinski definition) is 2. The Morgan fingerprint density at radius 1 is 1.13 bits per heavy atom. The predicted octanol–water partition coefficient (Wildman–Crippen LogP) is 3.89. The molecule has 1 aliphatic rings. The average molecular weight is 452 g/mol. The number of nitrogens with zero attached hydrogens (tertiary/aromatic N) is 1. The first-order chi connectivity index (χ1) is 14.3. The Labute approximate surface area is 189 Å². The van der Waals surface area contributed by atoms with E-state index in [0.717, 1.165) is 12.0 Å². The van der Waals surface area contributed by atoms with E-state index in [2.05, 4.69) is 10.6 Å². The van der Waals surface area contributed by atoms with Crippen LogP contribution in [0.25, 0.3) is 0 Å². The minimum absolute atomic E-state index is 0.203. The van der Waals surface area contributed by atoms with Crippen molar-refractivity contribution in [3.8, 4) is 0 Å². The molecule has 1 fully saturated rings. The first-order valence-corrected chi connectivity index (χ1v) is 11.0. The molecule has 7 nitrogen and oxygen atoms in total. The Morgan fingerprint density at radius 3 is 2.29 bits per heavy atom. The molecular weight excluding hydrogens is 418 g/mol. The Balaban J connectivity index is 2.07. The van der Waals surface area contributed by atoms with Gasteiger partial charge in [0.05, 0.1) is 0 Å². The SMILES string of the molecule is CC(C)(C)OC(=O)NC(C(=O)N1CCCC1C(=O)NCc1ccc(Cl)cc1)C(C)(C)C. The summed E-state index contributed by atoms with van der Waals surface area (Å²) >= 11 is 5.90. The molecule has 2 rings (SSSR count). The summed E-state index contributed by atoms with van der Waals surface area (Å²) < 4.78 is 5.34. The van der Waals surface area contributed by atoms with Gasteiger partial charge in [-0.25, -0.2) is 4.79 Å². The monoisotopic (exact) mass is 451 g/mol. The van der Waals surface area contributed by atoms with E-state index in [1.54, 1.807) is 37.8 Å². The van der Waals surface area contributed by atoms with E-state index in [1.165, 1.54) is 0 Å². The first-order valence-electron chi connectivity index (χ1n) is 10.6. The molecule has 1 aliphatic heterocycles. The Kier molecular flexibility index (Phi) is 7.98. The topological polar surface area (TPSA) is 87.7 Å². The molecule has 2 unspecified atom stereocenters. The van der Waals surface area contributed by atoms with Crippen LogP contribution >= 0.6 is 11.6 Å². The molecule has 1 saturated heterocycles. The molecule has 1 aromatic carbocycles. The Morgan fingerprint density at radius 2 is 1.74 bits per heavy atom. The summed E-state index contributed by atoms with van der Waals surface area (Å²) in [5, 5.41) is 6.26. The van der Waals surface area contributed by atoms with Crippen LogP contribution in [-0.2, 0) is 20.9 Å². The number of likely N-dealkylation sites (tertiary alicyclic amines) is 1. The van der Waals surface area contributed by atoms with Crippen LogP contribution in [0.3, 0.4) is 0 Å². The minimum Gasteiger partial charge on any atom is -0.444 e. The molecule has 2 atom stereocenters. The number of halogens is 1. The number of carbonyl (C=O) groups is 3. The van der Waals surface area contributed by atoms with Gasteiger partial charge in [0.25, 0.3) is 0 Å². The summed E-state index contributed by atoms with van der Waals surface area (Å²) in [6, 6.07) is 5.86. The van der Waals surface area contributed by atoms with Crippen LogP contribution in [0.2, 0.25) is 5.02 Å². The van der Waals surface area contributed by atoms with Gasteiger partial charge in [-0.1, -0.05) is 44.5 Å². The molecule has 0 saturated carbocycles. The second-order valence-corrected chi connectivity index (χ2v) is 10.4. The standard InChI is InChI=1S/C23H34ClN3O4/c1-22(2,3)18(26-21(30)31-23(4,5)6)20(29)27-13-7-8-17(27)19(28)25-14-15-9-11-16(24)12-10-15/h9-12,17-18H,7-8,13-14H2,1-6H3,(H,25,28)(H,26,30).